The average Bonchev–Trinajstić information content (AvgIpc) is 2.73. The summed E-state index contributed by atoms with van der Waals surface area (Å²) < 4.78 is 0. The number of hydrogen-bond acceptors (Lipinski definition) is 6. The minimum atomic E-state index is -0.391. The Morgan fingerprint density at radius 2 is 1.14 bits per heavy atom. The van der Waals surface area contributed by atoms with Gasteiger partial charge in [-0.1, -0.05) is 63.9 Å². The summed E-state index contributed by atoms with van der Waals surface area (Å²) in [6.45, 7) is 8.03. The lowest BCUT2D eigenvalue weighted by Crippen LogP contribution is -2.12. The van der Waals surface area contributed by atoms with Gasteiger partial charge in [0.25, 0.3) is 0 Å². The Morgan fingerprint density at radius 3 is 1.48 bits per heavy atom. The van der Waals surface area contributed by atoms with Crippen molar-refractivity contribution in [3.63, 3.8) is 0 Å². The van der Waals surface area contributed by atoms with Crippen LogP contribution in [0.1, 0.15) is 83.5 Å². The molecule has 0 bridgehead atoms. The van der Waals surface area contributed by atoms with E-state index in [0.29, 0.717) is 18.4 Å². The lowest BCUT2D eigenvalue weighted by atomic mass is 10.1. The van der Waals surface area contributed by atoms with E-state index in [0.717, 1.165) is 19.3 Å². The molecule has 0 fully saturated rings. The third kappa shape index (κ3) is 14.9. The molecule has 160 valence electrons. The summed E-state index contributed by atoms with van der Waals surface area (Å²) in [6, 6.07) is 8.60. The second-order valence-corrected chi connectivity index (χ2v) is 6.24. The van der Waals surface area contributed by atoms with E-state index < -0.39 is 5.78 Å². The van der Waals surface area contributed by atoms with Crippen molar-refractivity contribution in [2.24, 2.45) is 0 Å². The van der Waals surface area contributed by atoms with Crippen molar-refractivity contribution in [1.29, 1.82) is 0 Å². The van der Waals surface area contributed by atoms with Crippen LogP contribution < -0.4 is 0 Å². The van der Waals surface area contributed by atoms with Crippen LogP contribution in [0.2, 0.25) is 0 Å². The summed E-state index contributed by atoms with van der Waals surface area (Å²) in [5, 5.41) is 0. The zero-order chi connectivity index (χ0) is 22.8. The number of Topliss-reactive ketones (excluding diaryl/α,β-unsaturated/α-hetero) is 6. The van der Waals surface area contributed by atoms with Crippen LogP contribution in [0.25, 0.3) is 0 Å². The summed E-state index contributed by atoms with van der Waals surface area (Å²) in [4.78, 5) is 63.4. The Labute approximate surface area is 173 Å². The Morgan fingerprint density at radius 1 is 0.655 bits per heavy atom. The lowest BCUT2D eigenvalue weighted by molar-refractivity contribution is -0.135. The molecule has 0 aliphatic rings. The number of carbonyl (C=O) groups is 6. The topological polar surface area (TPSA) is 102 Å². The zero-order valence-corrected chi connectivity index (χ0v) is 18.1. The minimum absolute atomic E-state index is 0.228. The average molecular weight is 405 g/mol. The zero-order valence-electron chi connectivity index (χ0n) is 18.1. The van der Waals surface area contributed by atoms with Gasteiger partial charge >= 0.3 is 0 Å². The molecule has 0 saturated heterocycles. The SMILES string of the molecule is CCC(=O)C(=O)c1ccccc1.CCC(=O)C(C)=O.CCCCCC(=O)C(C)=O. The van der Waals surface area contributed by atoms with Gasteiger partial charge in [0.05, 0.1) is 0 Å². The van der Waals surface area contributed by atoms with E-state index in [1.165, 1.54) is 13.8 Å². The molecule has 0 aromatic heterocycles. The molecular weight excluding hydrogens is 372 g/mol. The summed E-state index contributed by atoms with van der Waals surface area (Å²) in [5.74, 6) is -1.90. The van der Waals surface area contributed by atoms with Gasteiger partial charge < -0.3 is 0 Å². The van der Waals surface area contributed by atoms with Gasteiger partial charge in [0.15, 0.2) is 23.1 Å². The lowest BCUT2D eigenvalue weighted by Gasteiger charge is -1.95. The number of benzene rings is 1. The highest BCUT2D eigenvalue weighted by Crippen LogP contribution is 2.01. The molecule has 0 unspecified atom stereocenters. The van der Waals surface area contributed by atoms with Gasteiger partial charge in [-0.2, -0.15) is 0 Å². The number of hydrogen-bond donors (Lipinski definition) is 0. The van der Waals surface area contributed by atoms with E-state index in [4.69, 9.17) is 0 Å². The van der Waals surface area contributed by atoms with Gasteiger partial charge in [0, 0.05) is 38.7 Å². The van der Waals surface area contributed by atoms with E-state index >= 15 is 0 Å². The van der Waals surface area contributed by atoms with Crippen LogP contribution in [0.3, 0.4) is 0 Å². The maximum Gasteiger partial charge on any atom is 0.228 e. The number of rotatable bonds is 10. The second-order valence-electron chi connectivity index (χ2n) is 6.24. The van der Waals surface area contributed by atoms with Crippen molar-refractivity contribution in [3.8, 4) is 0 Å². The molecule has 0 aliphatic heterocycles. The molecule has 6 heteroatoms. The van der Waals surface area contributed by atoms with Crippen LogP contribution in [-0.4, -0.2) is 34.7 Å². The van der Waals surface area contributed by atoms with Crippen molar-refractivity contribution in [1.82, 2.24) is 0 Å². The van der Waals surface area contributed by atoms with Crippen LogP contribution in [0, 0.1) is 0 Å². The summed E-state index contributed by atoms with van der Waals surface area (Å²) in [7, 11) is 0. The molecule has 1 aromatic rings. The maximum atomic E-state index is 11.2. The molecule has 0 aliphatic carbocycles. The first-order valence-electron chi connectivity index (χ1n) is 9.82. The van der Waals surface area contributed by atoms with E-state index in [9.17, 15) is 28.8 Å². The minimum Gasteiger partial charge on any atom is -0.291 e. The molecule has 0 N–H and O–H groups in total. The van der Waals surface area contributed by atoms with Crippen molar-refractivity contribution < 1.29 is 28.8 Å². The van der Waals surface area contributed by atoms with E-state index in [-0.39, 0.29) is 35.3 Å². The molecular formula is C23H32O6. The van der Waals surface area contributed by atoms with Crippen molar-refractivity contribution in [2.45, 2.75) is 73.1 Å². The fourth-order valence-electron chi connectivity index (χ4n) is 1.87. The molecule has 29 heavy (non-hydrogen) atoms. The summed E-state index contributed by atoms with van der Waals surface area (Å²) in [5.41, 5.74) is 0.476. The molecule has 0 atom stereocenters. The largest absolute Gasteiger partial charge is 0.291 e. The number of unbranched alkanes of at least 4 members (excludes halogenated alkanes) is 2. The van der Waals surface area contributed by atoms with Crippen LogP contribution in [0.15, 0.2) is 30.3 Å². The molecule has 0 heterocycles. The molecule has 0 radical (unpaired) electrons. The van der Waals surface area contributed by atoms with Crippen molar-refractivity contribution in [3.05, 3.63) is 35.9 Å². The maximum absolute atomic E-state index is 11.2. The molecule has 0 saturated carbocycles. The van der Waals surface area contributed by atoms with E-state index in [1.807, 2.05) is 6.07 Å². The Hall–Kier alpha value is -2.76. The first-order chi connectivity index (χ1) is 13.6. The Kier molecular flexibility index (Phi) is 17.0. The van der Waals surface area contributed by atoms with E-state index in [1.54, 1.807) is 38.1 Å². The van der Waals surface area contributed by atoms with Gasteiger partial charge in [-0.15, -0.1) is 0 Å². The van der Waals surface area contributed by atoms with Gasteiger partial charge in [-0.25, -0.2) is 0 Å². The first kappa shape index (κ1) is 28.4. The van der Waals surface area contributed by atoms with Crippen molar-refractivity contribution >= 4 is 34.7 Å². The fourth-order valence-corrected chi connectivity index (χ4v) is 1.87. The molecule has 6 nitrogen and oxygen atoms in total. The van der Waals surface area contributed by atoms with Gasteiger partial charge in [0.1, 0.15) is 0 Å². The molecule has 1 rings (SSSR count). The quantitative estimate of drug-likeness (QED) is 0.330. The van der Waals surface area contributed by atoms with Crippen molar-refractivity contribution in [2.75, 3.05) is 0 Å². The number of carbonyl (C=O) groups excluding carboxylic acids is 6. The second kappa shape index (κ2) is 17.3. The summed E-state index contributed by atoms with van der Waals surface area (Å²) in [6.07, 6.45) is 4.02. The normalized spacial score (nSPS) is 9.14. The highest BCUT2D eigenvalue weighted by atomic mass is 16.2. The molecule has 0 amide bonds. The van der Waals surface area contributed by atoms with Crippen LogP contribution >= 0.6 is 0 Å². The van der Waals surface area contributed by atoms with Gasteiger partial charge in [0.2, 0.25) is 11.6 Å². The highest BCUT2D eigenvalue weighted by Gasteiger charge is 2.12. The van der Waals surface area contributed by atoms with Gasteiger partial charge in [-0.05, 0) is 6.42 Å². The highest BCUT2D eigenvalue weighted by molar-refractivity contribution is 6.43. The molecule has 0 spiro atoms. The predicted molar refractivity (Wildman–Crippen MR) is 112 cm³/mol. The Bertz CT molecular complexity index is 689. The number of ketones is 6. The van der Waals surface area contributed by atoms with Gasteiger partial charge in [-0.3, -0.25) is 28.8 Å². The smallest absolute Gasteiger partial charge is 0.228 e. The fraction of sp³-hybridized carbons (Fsp3) is 0.478. The van der Waals surface area contributed by atoms with E-state index in [2.05, 4.69) is 6.92 Å². The summed E-state index contributed by atoms with van der Waals surface area (Å²) >= 11 is 0. The molecule has 1 aromatic carbocycles. The monoisotopic (exact) mass is 404 g/mol. The Balaban J connectivity index is 0. The van der Waals surface area contributed by atoms with Crippen LogP contribution in [-0.2, 0) is 24.0 Å². The first-order valence-corrected chi connectivity index (χ1v) is 9.82. The van der Waals surface area contributed by atoms with Crippen LogP contribution in [0.4, 0.5) is 0 Å². The van der Waals surface area contributed by atoms with Crippen LogP contribution in [0.5, 0.6) is 0 Å². The predicted octanol–water partition coefficient (Wildman–Crippen LogP) is 4.13. The standard InChI is InChI=1S/C10H10O2.C8H14O2.C5H8O2/c1-2-9(11)10(12)8-6-4-3-5-7-8;1-3-4-5-6-8(10)7(2)9;1-3-5(7)4(2)6/h3-7H,2H2,1H3;3-6H2,1-2H3;3H2,1-2H3. The third-order valence-corrected chi connectivity index (χ3v) is 3.72. The third-order valence-electron chi connectivity index (χ3n) is 3.72.